The third-order valence-electron chi connectivity index (χ3n) is 8.40. The second-order valence-corrected chi connectivity index (χ2v) is 12.8. The van der Waals surface area contributed by atoms with Crippen LogP contribution in [0, 0.1) is 5.92 Å². The van der Waals surface area contributed by atoms with Gasteiger partial charge in [-0.15, -0.1) is 0 Å². The molecule has 3 fully saturated rings. The van der Waals surface area contributed by atoms with E-state index >= 15 is 0 Å². The SMILES string of the molecule is O=C(c1nn(C2CCCN(C(O)CC3CCOCC3)C2)c2c1CS(=O)(=O)c1ccccc1-2)N1CCOCC1. The molecule has 1 amide bonds. The van der Waals surface area contributed by atoms with E-state index in [1.165, 1.54) is 0 Å². The Morgan fingerprint density at radius 1 is 1.05 bits per heavy atom. The van der Waals surface area contributed by atoms with Gasteiger partial charge < -0.3 is 19.5 Å². The molecule has 2 atom stereocenters. The van der Waals surface area contributed by atoms with E-state index in [0.29, 0.717) is 49.9 Å². The van der Waals surface area contributed by atoms with Crippen molar-refractivity contribution in [1.29, 1.82) is 0 Å². The molecule has 0 spiro atoms. The van der Waals surface area contributed by atoms with Crippen LogP contribution in [0.2, 0.25) is 0 Å². The maximum absolute atomic E-state index is 13.6. The number of amides is 1. The highest BCUT2D eigenvalue weighted by molar-refractivity contribution is 7.90. The van der Waals surface area contributed by atoms with Gasteiger partial charge in [-0.1, -0.05) is 18.2 Å². The molecule has 3 saturated heterocycles. The number of fused-ring (bicyclic) bond motifs is 3. The topological polar surface area (TPSA) is 114 Å². The van der Waals surface area contributed by atoms with E-state index in [-0.39, 0.29) is 28.3 Å². The lowest BCUT2D eigenvalue weighted by atomic mass is 9.94. The molecule has 0 radical (unpaired) electrons. The number of carbonyl (C=O) groups excluding carboxylic acids is 1. The number of hydrogen-bond donors (Lipinski definition) is 1. The van der Waals surface area contributed by atoms with Crippen LogP contribution in [0.15, 0.2) is 29.2 Å². The fourth-order valence-corrected chi connectivity index (χ4v) is 7.92. The molecule has 10 nitrogen and oxygen atoms in total. The molecular formula is C27H36N4O6S. The van der Waals surface area contributed by atoms with Crippen LogP contribution in [-0.4, -0.2) is 97.8 Å². The summed E-state index contributed by atoms with van der Waals surface area (Å²) in [6.45, 7) is 4.73. The summed E-state index contributed by atoms with van der Waals surface area (Å²) in [5.41, 5.74) is 2.03. The van der Waals surface area contributed by atoms with Crippen LogP contribution < -0.4 is 0 Å². The number of aromatic nitrogens is 2. The minimum Gasteiger partial charge on any atom is -0.381 e. The molecule has 0 bridgehead atoms. The Morgan fingerprint density at radius 2 is 1.79 bits per heavy atom. The molecule has 206 valence electrons. The van der Waals surface area contributed by atoms with E-state index in [4.69, 9.17) is 14.6 Å². The minimum atomic E-state index is -3.61. The van der Waals surface area contributed by atoms with E-state index < -0.39 is 16.1 Å². The molecule has 11 heteroatoms. The zero-order chi connectivity index (χ0) is 26.3. The first-order chi connectivity index (χ1) is 18.4. The van der Waals surface area contributed by atoms with Crippen molar-refractivity contribution in [3.05, 3.63) is 35.5 Å². The molecule has 38 heavy (non-hydrogen) atoms. The number of hydrogen-bond acceptors (Lipinski definition) is 8. The van der Waals surface area contributed by atoms with E-state index in [2.05, 4.69) is 4.90 Å². The van der Waals surface area contributed by atoms with Crippen molar-refractivity contribution < 1.29 is 27.8 Å². The van der Waals surface area contributed by atoms with Crippen LogP contribution in [0.4, 0.5) is 0 Å². The molecule has 1 aromatic carbocycles. The molecule has 4 aliphatic heterocycles. The number of morpholine rings is 1. The van der Waals surface area contributed by atoms with Crippen molar-refractivity contribution in [2.24, 2.45) is 5.92 Å². The van der Waals surface area contributed by atoms with Crippen molar-refractivity contribution in [1.82, 2.24) is 19.6 Å². The zero-order valence-electron chi connectivity index (χ0n) is 21.6. The lowest BCUT2D eigenvalue weighted by Gasteiger charge is -2.38. The van der Waals surface area contributed by atoms with Gasteiger partial charge in [-0.3, -0.25) is 14.4 Å². The van der Waals surface area contributed by atoms with Gasteiger partial charge in [0.2, 0.25) is 0 Å². The van der Waals surface area contributed by atoms with E-state index in [0.717, 1.165) is 57.6 Å². The first-order valence-electron chi connectivity index (χ1n) is 13.7. The molecule has 1 N–H and O–H groups in total. The van der Waals surface area contributed by atoms with Crippen LogP contribution in [0.1, 0.15) is 54.2 Å². The Hall–Kier alpha value is -2.31. The normalized spacial score (nSPS) is 25.0. The van der Waals surface area contributed by atoms with E-state index in [1.807, 2.05) is 16.8 Å². The molecule has 0 saturated carbocycles. The zero-order valence-corrected chi connectivity index (χ0v) is 22.4. The van der Waals surface area contributed by atoms with Gasteiger partial charge in [-0.05, 0) is 44.1 Å². The summed E-state index contributed by atoms with van der Waals surface area (Å²) in [5.74, 6) is -0.0374. The molecule has 6 rings (SSSR count). The van der Waals surface area contributed by atoms with Gasteiger partial charge in [0, 0.05) is 50.5 Å². The quantitative estimate of drug-likeness (QED) is 0.609. The van der Waals surface area contributed by atoms with Crippen LogP contribution in [0.25, 0.3) is 11.3 Å². The Labute approximate surface area is 223 Å². The summed E-state index contributed by atoms with van der Waals surface area (Å²) >= 11 is 0. The van der Waals surface area contributed by atoms with Crippen LogP contribution in [-0.2, 0) is 25.1 Å². The molecule has 0 aliphatic carbocycles. The largest absolute Gasteiger partial charge is 0.381 e. The number of rotatable bonds is 5. The number of carbonyl (C=O) groups is 1. The Bertz CT molecular complexity index is 1280. The van der Waals surface area contributed by atoms with Crippen molar-refractivity contribution in [3.63, 3.8) is 0 Å². The number of likely N-dealkylation sites (tertiary alicyclic amines) is 1. The monoisotopic (exact) mass is 544 g/mol. The molecule has 1 aromatic heterocycles. The number of ether oxygens (including phenoxy) is 2. The summed E-state index contributed by atoms with van der Waals surface area (Å²) in [6.07, 6.45) is 3.84. The number of benzene rings is 1. The third-order valence-corrected chi connectivity index (χ3v) is 10.1. The molecule has 2 unspecified atom stereocenters. The van der Waals surface area contributed by atoms with Crippen molar-refractivity contribution in [2.75, 3.05) is 52.6 Å². The second-order valence-electron chi connectivity index (χ2n) is 10.8. The highest BCUT2D eigenvalue weighted by atomic mass is 32.2. The average Bonchev–Trinajstić information content (AvgIpc) is 3.32. The predicted octanol–water partition coefficient (Wildman–Crippen LogP) is 2.08. The number of aliphatic hydroxyl groups excluding tert-OH is 1. The second kappa shape index (κ2) is 10.7. The molecule has 2 aromatic rings. The fourth-order valence-electron chi connectivity index (χ4n) is 6.33. The lowest BCUT2D eigenvalue weighted by molar-refractivity contribution is -0.0470. The van der Waals surface area contributed by atoms with Crippen LogP contribution >= 0.6 is 0 Å². The Balaban J connectivity index is 1.35. The lowest BCUT2D eigenvalue weighted by Crippen LogP contribution is -2.44. The minimum absolute atomic E-state index is 0.0815. The molecule has 4 aliphatic rings. The first kappa shape index (κ1) is 25.9. The van der Waals surface area contributed by atoms with Crippen molar-refractivity contribution >= 4 is 15.7 Å². The summed E-state index contributed by atoms with van der Waals surface area (Å²) in [7, 11) is -3.61. The average molecular weight is 545 g/mol. The smallest absolute Gasteiger partial charge is 0.274 e. The Kier molecular flexibility index (Phi) is 7.30. The summed E-state index contributed by atoms with van der Waals surface area (Å²) in [6, 6.07) is 6.93. The van der Waals surface area contributed by atoms with Gasteiger partial charge in [-0.25, -0.2) is 8.42 Å². The van der Waals surface area contributed by atoms with Gasteiger partial charge in [-0.2, -0.15) is 5.10 Å². The number of sulfone groups is 1. The highest BCUT2D eigenvalue weighted by Crippen LogP contribution is 2.42. The standard InChI is InChI=1S/C27H36N4O6S/c32-24(16-19-7-12-36-13-8-19)30-9-3-4-20(17-30)31-26-21-5-1-2-6-23(21)38(34,35)18-22(26)25(28-31)27(33)29-10-14-37-15-11-29/h1-2,5-6,19-20,24,32H,3-4,7-18H2. The van der Waals surface area contributed by atoms with E-state index in [9.17, 15) is 18.3 Å². The summed E-state index contributed by atoms with van der Waals surface area (Å²) in [5, 5.41) is 16.0. The van der Waals surface area contributed by atoms with Gasteiger partial charge >= 0.3 is 0 Å². The third kappa shape index (κ3) is 4.90. The van der Waals surface area contributed by atoms with Crippen molar-refractivity contribution in [2.45, 2.75) is 55.0 Å². The fraction of sp³-hybridized carbons (Fsp3) is 0.630. The van der Waals surface area contributed by atoms with Gasteiger partial charge in [0.15, 0.2) is 15.5 Å². The Morgan fingerprint density at radius 3 is 2.58 bits per heavy atom. The summed E-state index contributed by atoms with van der Waals surface area (Å²) < 4.78 is 39.3. The van der Waals surface area contributed by atoms with Crippen molar-refractivity contribution in [3.8, 4) is 11.3 Å². The first-order valence-corrected chi connectivity index (χ1v) is 15.4. The summed E-state index contributed by atoms with van der Waals surface area (Å²) in [4.78, 5) is 17.7. The number of piperidine rings is 1. The van der Waals surface area contributed by atoms with Crippen LogP contribution in [0.5, 0.6) is 0 Å². The molecule has 5 heterocycles. The number of nitrogens with zero attached hydrogens (tertiary/aromatic N) is 4. The van der Waals surface area contributed by atoms with Gasteiger partial charge in [0.1, 0.15) is 6.23 Å². The van der Waals surface area contributed by atoms with Gasteiger partial charge in [0.05, 0.1) is 35.6 Å². The highest BCUT2D eigenvalue weighted by Gasteiger charge is 2.39. The predicted molar refractivity (Wildman–Crippen MR) is 139 cm³/mol. The van der Waals surface area contributed by atoms with Crippen LogP contribution in [0.3, 0.4) is 0 Å². The van der Waals surface area contributed by atoms with Gasteiger partial charge in [0.25, 0.3) is 5.91 Å². The maximum Gasteiger partial charge on any atom is 0.274 e. The molecular weight excluding hydrogens is 508 g/mol. The maximum atomic E-state index is 13.6. The van der Waals surface area contributed by atoms with E-state index in [1.54, 1.807) is 17.0 Å². The number of aliphatic hydroxyl groups is 1.